The van der Waals surface area contributed by atoms with Crippen LogP contribution in [0, 0.1) is 0 Å². The van der Waals surface area contributed by atoms with Crippen molar-refractivity contribution in [3.8, 4) is 5.69 Å². The molecule has 0 saturated carbocycles. The Kier molecular flexibility index (Phi) is 6.36. The van der Waals surface area contributed by atoms with Crippen LogP contribution in [0.5, 0.6) is 0 Å². The summed E-state index contributed by atoms with van der Waals surface area (Å²) >= 11 is 7.75. The SMILES string of the molecule is O=C(CCSc1nnc(N2CCCC2)n1-c1cccc(Cl)c1)Nc1ccccc1. The number of aromatic nitrogens is 3. The third kappa shape index (κ3) is 4.92. The fourth-order valence-corrected chi connectivity index (χ4v) is 4.37. The summed E-state index contributed by atoms with van der Waals surface area (Å²) in [5, 5.41) is 13.2. The predicted octanol–water partition coefficient (Wildman–Crippen LogP) is 4.64. The molecule has 8 heteroatoms. The third-order valence-corrected chi connectivity index (χ3v) is 5.86. The number of nitrogens with zero attached hydrogens (tertiary/aromatic N) is 4. The van der Waals surface area contributed by atoms with Crippen LogP contribution in [0.3, 0.4) is 0 Å². The molecule has 2 heterocycles. The largest absolute Gasteiger partial charge is 0.341 e. The van der Waals surface area contributed by atoms with Crippen LogP contribution in [0.2, 0.25) is 5.02 Å². The lowest BCUT2D eigenvalue weighted by Gasteiger charge is -2.18. The van der Waals surface area contributed by atoms with E-state index in [2.05, 4.69) is 20.4 Å². The summed E-state index contributed by atoms with van der Waals surface area (Å²) in [5.41, 5.74) is 1.74. The fourth-order valence-electron chi connectivity index (χ4n) is 3.30. The minimum Gasteiger partial charge on any atom is -0.341 e. The molecule has 0 aliphatic carbocycles. The van der Waals surface area contributed by atoms with Crippen molar-refractivity contribution in [3.63, 3.8) is 0 Å². The summed E-state index contributed by atoms with van der Waals surface area (Å²) in [5.74, 6) is 1.43. The van der Waals surface area contributed by atoms with Gasteiger partial charge < -0.3 is 10.2 Å². The quantitative estimate of drug-likeness (QED) is 0.556. The predicted molar refractivity (Wildman–Crippen MR) is 118 cm³/mol. The van der Waals surface area contributed by atoms with E-state index in [1.165, 1.54) is 11.8 Å². The smallest absolute Gasteiger partial charge is 0.232 e. The standard InChI is InChI=1S/C21H22ClN5OS/c22-16-7-6-10-18(15-16)27-20(26-12-4-5-13-26)24-25-21(27)29-14-11-19(28)23-17-8-2-1-3-9-17/h1-3,6-10,15H,4-5,11-14H2,(H,23,28). The molecule has 1 aliphatic heterocycles. The van der Waals surface area contributed by atoms with Gasteiger partial charge in [0.1, 0.15) is 0 Å². The lowest BCUT2D eigenvalue weighted by Crippen LogP contribution is -2.22. The summed E-state index contributed by atoms with van der Waals surface area (Å²) in [7, 11) is 0. The van der Waals surface area contributed by atoms with Crippen LogP contribution in [0.25, 0.3) is 5.69 Å². The molecule has 0 unspecified atom stereocenters. The van der Waals surface area contributed by atoms with Crippen LogP contribution in [0.15, 0.2) is 59.8 Å². The Morgan fingerprint density at radius 3 is 2.62 bits per heavy atom. The lowest BCUT2D eigenvalue weighted by atomic mass is 10.3. The number of anilines is 2. The maximum absolute atomic E-state index is 12.2. The van der Waals surface area contributed by atoms with Crippen molar-refractivity contribution in [2.24, 2.45) is 0 Å². The molecule has 1 N–H and O–H groups in total. The molecule has 0 bridgehead atoms. The Morgan fingerprint density at radius 1 is 1.07 bits per heavy atom. The van der Waals surface area contributed by atoms with Crippen LogP contribution < -0.4 is 10.2 Å². The van der Waals surface area contributed by atoms with Gasteiger partial charge in [0, 0.05) is 36.0 Å². The first-order chi connectivity index (χ1) is 14.2. The second kappa shape index (κ2) is 9.33. The van der Waals surface area contributed by atoms with E-state index in [1.54, 1.807) is 0 Å². The van der Waals surface area contributed by atoms with E-state index in [9.17, 15) is 4.79 Å². The molecule has 4 rings (SSSR count). The molecule has 0 atom stereocenters. The Morgan fingerprint density at radius 2 is 1.86 bits per heavy atom. The van der Waals surface area contributed by atoms with Crippen molar-refractivity contribution in [3.05, 3.63) is 59.6 Å². The van der Waals surface area contributed by atoms with Gasteiger partial charge in [-0.25, -0.2) is 0 Å². The normalized spacial score (nSPS) is 13.6. The molecule has 1 aromatic heterocycles. The van der Waals surface area contributed by atoms with E-state index in [-0.39, 0.29) is 5.91 Å². The van der Waals surface area contributed by atoms with Gasteiger partial charge in [-0.3, -0.25) is 9.36 Å². The van der Waals surface area contributed by atoms with Gasteiger partial charge in [0.2, 0.25) is 11.9 Å². The maximum atomic E-state index is 12.2. The highest BCUT2D eigenvalue weighted by Gasteiger charge is 2.22. The van der Waals surface area contributed by atoms with Crippen molar-refractivity contribution in [1.82, 2.24) is 14.8 Å². The number of carbonyl (C=O) groups excluding carboxylic acids is 1. The van der Waals surface area contributed by atoms with Crippen molar-refractivity contribution < 1.29 is 4.79 Å². The molecule has 3 aromatic rings. The minimum atomic E-state index is -0.0164. The van der Waals surface area contributed by atoms with Gasteiger partial charge in [-0.2, -0.15) is 0 Å². The maximum Gasteiger partial charge on any atom is 0.232 e. The molecule has 150 valence electrons. The number of para-hydroxylation sites is 1. The van der Waals surface area contributed by atoms with E-state index in [1.807, 2.05) is 59.2 Å². The van der Waals surface area contributed by atoms with E-state index in [4.69, 9.17) is 11.6 Å². The van der Waals surface area contributed by atoms with Crippen LogP contribution >= 0.6 is 23.4 Å². The molecule has 0 spiro atoms. The van der Waals surface area contributed by atoms with E-state index >= 15 is 0 Å². The number of rotatable bonds is 7. The first kappa shape index (κ1) is 19.8. The zero-order valence-electron chi connectivity index (χ0n) is 15.9. The zero-order valence-corrected chi connectivity index (χ0v) is 17.5. The summed E-state index contributed by atoms with van der Waals surface area (Å²) in [6.07, 6.45) is 2.70. The van der Waals surface area contributed by atoms with Crippen molar-refractivity contribution in [2.75, 3.05) is 29.1 Å². The first-order valence-corrected chi connectivity index (χ1v) is 11.0. The molecule has 1 saturated heterocycles. The van der Waals surface area contributed by atoms with E-state index in [0.717, 1.165) is 48.4 Å². The molecule has 1 fully saturated rings. The van der Waals surface area contributed by atoms with Crippen LogP contribution in [0.4, 0.5) is 11.6 Å². The Bertz CT molecular complexity index is 972. The van der Waals surface area contributed by atoms with Crippen molar-refractivity contribution >= 4 is 40.9 Å². The Hall–Kier alpha value is -2.51. The summed E-state index contributed by atoms with van der Waals surface area (Å²) in [4.78, 5) is 14.5. The van der Waals surface area contributed by atoms with Crippen molar-refractivity contribution in [2.45, 2.75) is 24.4 Å². The number of hydrogen-bond donors (Lipinski definition) is 1. The fraction of sp³-hybridized carbons (Fsp3) is 0.286. The van der Waals surface area contributed by atoms with Crippen LogP contribution in [-0.2, 0) is 4.79 Å². The van der Waals surface area contributed by atoms with Gasteiger partial charge in [-0.1, -0.05) is 47.6 Å². The number of nitrogens with one attached hydrogen (secondary N) is 1. The second-order valence-electron chi connectivity index (χ2n) is 6.80. The summed E-state index contributed by atoms with van der Waals surface area (Å²) < 4.78 is 2.04. The van der Waals surface area contributed by atoms with Gasteiger partial charge in [-0.05, 0) is 43.2 Å². The number of carbonyl (C=O) groups is 1. The molecule has 6 nitrogen and oxygen atoms in total. The average Bonchev–Trinajstić information content (AvgIpc) is 3.38. The number of halogens is 1. The van der Waals surface area contributed by atoms with Crippen molar-refractivity contribution in [1.29, 1.82) is 0 Å². The Balaban J connectivity index is 1.47. The number of thioether (sulfide) groups is 1. The topological polar surface area (TPSA) is 63.1 Å². The molecule has 2 aromatic carbocycles. The monoisotopic (exact) mass is 427 g/mol. The van der Waals surface area contributed by atoms with Crippen LogP contribution in [-0.4, -0.2) is 39.5 Å². The van der Waals surface area contributed by atoms with E-state index < -0.39 is 0 Å². The van der Waals surface area contributed by atoms with Gasteiger partial charge in [0.05, 0.1) is 5.69 Å². The Labute approximate surface area is 179 Å². The highest BCUT2D eigenvalue weighted by Crippen LogP contribution is 2.29. The molecular formula is C21H22ClN5OS. The highest BCUT2D eigenvalue weighted by atomic mass is 35.5. The molecule has 29 heavy (non-hydrogen) atoms. The number of benzene rings is 2. The average molecular weight is 428 g/mol. The minimum absolute atomic E-state index is 0.0164. The number of hydrogen-bond acceptors (Lipinski definition) is 5. The third-order valence-electron chi connectivity index (χ3n) is 4.69. The van der Waals surface area contributed by atoms with Crippen LogP contribution in [0.1, 0.15) is 19.3 Å². The zero-order chi connectivity index (χ0) is 20.1. The van der Waals surface area contributed by atoms with E-state index in [0.29, 0.717) is 17.2 Å². The number of amides is 1. The summed E-state index contributed by atoms with van der Waals surface area (Å²) in [6.45, 7) is 1.95. The van der Waals surface area contributed by atoms with Gasteiger partial charge >= 0.3 is 0 Å². The van der Waals surface area contributed by atoms with Gasteiger partial charge in [0.25, 0.3) is 0 Å². The first-order valence-electron chi connectivity index (χ1n) is 9.65. The highest BCUT2D eigenvalue weighted by molar-refractivity contribution is 7.99. The second-order valence-corrected chi connectivity index (χ2v) is 8.30. The molecular weight excluding hydrogens is 406 g/mol. The molecule has 1 amide bonds. The lowest BCUT2D eigenvalue weighted by molar-refractivity contribution is -0.115. The molecule has 0 radical (unpaired) electrons. The van der Waals surface area contributed by atoms with Gasteiger partial charge in [-0.15, -0.1) is 10.2 Å². The summed E-state index contributed by atoms with van der Waals surface area (Å²) in [6, 6.07) is 17.2. The molecule has 1 aliphatic rings. The van der Waals surface area contributed by atoms with Gasteiger partial charge in [0.15, 0.2) is 5.16 Å².